The molecule has 0 radical (unpaired) electrons. The third-order valence-electron chi connectivity index (χ3n) is 5.92. The Morgan fingerprint density at radius 1 is 1.00 bits per heavy atom. The van der Waals surface area contributed by atoms with Gasteiger partial charge in [0, 0.05) is 38.9 Å². The maximum absolute atomic E-state index is 12.7. The number of para-hydroxylation sites is 1. The molecule has 0 spiro atoms. The maximum Gasteiger partial charge on any atom is 0.233 e. The molecule has 1 fully saturated rings. The summed E-state index contributed by atoms with van der Waals surface area (Å²) < 4.78 is 7.85. The second-order valence-electron chi connectivity index (χ2n) is 7.94. The first-order valence-electron chi connectivity index (χ1n) is 10.8. The summed E-state index contributed by atoms with van der Waals surface area (Å²) in [4.78, 5) is 17.0. The van der Waals surface area contributed by atoms with Gasteiger partial charge in [0.2, 0.25) is 5.91 Å². The van der Waals surface area contributed by atoms with Crippen molar-refractivity contribution < 1.29 is 9.53 Å². The first kappa shape index (κ1) is 22.2. The van der Waals surface area contributed by atoms with Crippen molar-refractivity contribution in [3.63, 3.8) is 0 Å². The van der Waals surface area contributed by atoms with E-state index >= 15 is 0 Å². The molecule has 7 nitrogen and oxygen atoms in total. The monoisotopic (exact) mass is 451 g/mol. The normalized spacial score (nSPS) is 14.0. The highest BCUT2D eigenvalue weighted by Gasteiger charge is 2.22. The molecule has 1 aromatic heterocycles. The summed E-state index contributed by atoms with van der Waals surface area (Å²) in [5, 5.41) is 9.23. The highest BCUT2D eigenvalue weighted by molar-refractivity contribution is 7.99. The molecule has 32 heavy (non-hydrogen) atoms. The minimum absolute atomic E-state index is 0.138. The van der Waals surface area contributed by atoms with Crippen LogP contribution in [0.15, 0.2) is 53.7 Å². The van der Waals surface area contributed by atoms with Gasteiger partial charge in [-0.2, -0.15) is 0 Å². The third kappa shape index (κ3) is 5.07. The van der Waals surface area contributed by atoms with E-state index in [2.05, 4.69) is 40.2 Å². The van der Waals surface area contributed by atoms with Crippen LogP contribution < -0.4 is 9.64 Å². The van der Waals surface area contributed by atoms with E-state index in [1.54, 1.807) is 0 Å². The summed E-state index contributed by atoms with van der Waals surface area (Å²) in [6.07, 6.45) is 0. The van der Waals surface area contributed by atoms with Gasteiger partial charge in [0.05, 0.1) is 5.75 Å². The van der Waals surface area contributed by atoms with Crippen LogP contribution in [0.5, 0.6) is 5.75 Å². The molecule has 0 aliphatic carbocycles. The minimum Gasteiger partial charge on any atom is -0.485 e. The summed E-state index contributed by atoms with van der Waals surface area (Å²) >= 11 is 1.42. The molecule has 2 heterocycles. The van der Waals surface area contributed by atoms with Crippen molar-refractivity contribution in [3.05, 3.63) is 65.5 Å². The van der Waals surface area contributed by atoms with Gasteiger partial charge in [-0.25, -0.2) is 0 Å². The largest absolute Gasteiger partial charge is 0.485 e. The number of carbonyl (C=O) groups excluding carboxylic acids is 1. The Labute approximate surface area is 193 Å². The number of aryl methyl sites for hydroxylation is 1. The molecule has 1 aliphatic heterocycles. The first-order chi connectivity index (χ1) is 15.5. The first-order valence-corrected chi connectivity index (χ1v) is 11.8. The van der Waals surface area contributed by atoms with Crippen molar-refractivity contribution in [2.24, 2.45) is 7.05 Å². The van der Waals surface area contributed by atoms with Crippen molar-refractivity contribution in [1.82, 2.24) is 19.7 Å². The number of benzene rings is 2. The van der Waals surface area contributed by atoms with E-state index in [1.165, 1.54) is 23.0 Å². The van der Waals surface area contributed by atoms with Gasteiger partial charge in [-0.15, -0.1) is 10.2 Å². The summed E-state index contributed by atoms with van der Waals surface area (Å²) in [5.74, 6) is 2.08. The van der Waals surface area contributed by atoms with Gasteiger partial charge in [-0.1, -0.05) is 42.1 Å². The molecule has 1 aliphatic rings. The SMILES string of the molecule is Cc1cccc(OCc2nnc(SCC(=O)N3CCN(c4ccccc4)CC3)n2C)c1C. The van der Waals surface area contributed by atoms with Crippen LogP contribution in [0, 0.1) is 13.8 Å². The van der Waals surface area contributed by atoms with Crippen molar-refractivity contribution >= 4 is 23.4 Å². The minimum atomic E-state index is 0.138. The number of hydrogen-bond acceptors (Lipinski definition) is 6. The molecule has 168 valence electrons. The van der Waals surface area contributed by atoms with Crippen LogP contribution in [-0.4, -0.2) is 57.5 Å². The molecule has 0 atom stereocenters. The average Bonchev–Trinajstić information content (AvgIpc) is 3.18. The van der Waals surface area contributed by atoms with E-state index in [1.807, 2.05) is 53.8 Å². The second kappa shape index (κ2) is 10.1. The highest BCUT2D eigenvalue weighted by Crippen LogP contribution is 2.23. The van der Waals surface area contributed by atoms with Gasteiger partial charge in [0.25, 0.3) is 0 Å². The van der Waals surface area contributed by atoms with Crippen LogP contribution >= 0.6 is 11.8 Å². The van der Waals surface area contributed by atoms with Crippen molar-refractivity contribution in [1.29, 1.82) is 0 Å². The van der Waals surface area contributed by atoms with Crippen LogP contribution in [0.1, 0.15) is 17.0 Å². The molecule has 3 aromatic rings. The second-order valence-corrected chi connectivity index (χ2v) is 8.88. The lowest BCUT2D eigenvalue weighted by atomic mass is 10.1. The van der Waals surface area contributed by atoms with Crippen molar-refractivity contribution in [3.8, 4) is 5.75 Å². The van der Waals surface area contributed by atoms with Crippen LogP contribution in [0.25, 0.3) is 0 Å². The fraction of sp³-hybridized carbons (Fsp3) is 0.375. The Hall–Kier alpha value is -3.00. The number of carbonyl (C=O) groups is 1. The van der Waals surface area contributed by atoms with Gasteiger partial charge in [-0.05, 0) is 43.2 Å². The van der Waals surface area contributed by atoms with Gasteiger partial charge >= 0.3 is 0 Å². The van der Waals surface area contributed by atoms with E-state index in [0.717, 1.165) is 48.5 Å². The zero-order chi connectivity index (χ0) is 22.5. The van der Waals surface area contributed by atoms with Crippen LogP contribution in [0.2, 0.25) is 0 Å². The Kier molecular flexibility index (Phi) is 6.99. The predicted octanol–water partition coefficient (Wildman–Crippen LogP) is 3.45. The Morgan fingerprint density at radius 3 is 2.50 bits per heavy atom. The number of nitrogens with zero attached hydrogens (tertiary/aromatic N) is 5. The Morgan fingerprint density at radius 2 is 1.75 bits per heavy atom. The van der Waals surface area contributed by atoms with Crippen molar-refractivity contribution in [2.75, 3.05) is 36.8 Å². The fourth-order valence-corrected chi connectivity index (χ4v) is 4.52. The number of ether oxygens (including phenoxy) is 1. The van der Waals surface area contributed by atoms with Crippen LogP contribution in [0.3, 0.4) is 0 Å². The smallest absolute Gasteiger partial charge is 0.233 e. The molecule has 4 rings (SSSR count). The molecule has 2 aromatic carbocycles. The molecular formula is C24H29N5O2S. The Bertz CT molecular complexity index is 1060. The molecule has 8 heteroatoms. The van der Waals surface area contributed by atoms with E-state index in [9.17, 15) is 4.79 Å². The zero-order valence-corrected chi connectivity index (χ0v) is 19.6. The topological polar surface area (TPSA) is 63.5 Å². The lowest BCUT2D eigenvalue weighted by Gasteiger charge is -2.36. The number of rotatable bonds is 7. The lowest BCUT2D eigenvalue weighted by molar-refractivity contribution is -0.128. The van der Waals surface area contributed by atoms with E-state index in [-0.39, 0.29) is 5.91 Å². The number of piperazine rings is 1. The lowest BCUT2D eigenvalue weighted by Crippen LogP contribution is -2.49. The molecule has 1 saturated heterocycles. The van der Waals surface area contributed by atoms with Crippen LogP contribution in [-0.2, 0) is 18.4 Å². The zero-order valence-electron chi connectivity index (χ0n) is 18.8. The van der Waals surface area contributed by atoms with E-state index in [0.29, 0.717) is 12.4 Å². The molecule has 0 saturated carbocycles. The summed E-state index contributed by atoms with van der Waals surface area (Å²) in [5.41, 5.74) is 3.53. The van der Waals surface area contributed by atoms with Gasteiger partial charge in [0.15, 0.2) is 11.0 Å². The molecular weight excluding hydrogens is 422 g/mol. The van der Waals surface area contributed by atoms with Gasteiger partial charge < -0.3 is 19.1 Å². The summed E-state index contributed by atoms with van der Waals surface area (Å²) in [6.45, 7) is 7.63. The highest BCUT2D eigenvalue weighted by atomic mass is 32.2. The summed E-state index contributed by atoms with van der Waals surface area (Å²) in [6, 6.07) is 16.4. The maximum atomic E-state index is 12.7. The fourth-order valence-electron chi connectivity index (χ4n) is 3.69. The van der Waals surface area contributed by atoms with E-state index in [4.69, 9.17) is 4.74 Å². The van der Waals surface area contributed by atoms with Gasteiger partial charge in [-0.3, -0.25) is 4.79 Å². The number of hydrogen-bond donors (Lipinski definition) is 0. The van der Waals surface area contributed by atoms with Crippen molar-refractivity contribution in [2.45, 2.75) is 25.6 Å². The number of anilines is 1. The van der Waals surface area contributed by atoms with Crippen LogP contribution in [0.4, 0.5) is 5.69 Å². The standard InChI is InChI=1S/C24H29N5O2S/c1-18-8-7-11-21(19(18)2)31-16-22-25-26-24(27(22)3)32-17-23(30)29-14-12-28(13-15-29)20-9-5-4-6-10-20/h4-11H,12-17H2,1-3H3. The quantitative estimate of drug-likeness (QED) is 0.513. The predicted molar refractivity (Wildman–Crippen MR) is 127 cm³/mol. The molecule has 0 N–H and O–H groups in total. The number of thioether (sulfide) groups is 1. The molecule has 0 bridgehead atoms. The molecule has 1 amide bonds. The number of amides is 1. The summed E-state index contributed by atoms with van der Waals surface area (Å²) in [7, 11) is 1.91. The number of aromatic nitrogens is 3. The average molecular weight is 452 g/mol. The Balaban J connectivity index is 1.27. The molecule has 0 unspecified atom stereocenters. The van der Waals surface area contributed by atoms with Gasteiger partial charge in [0.1, 0.15) is 12.4 Å². The third-order valence-corrected chi connectivity index (χ3v) is 6.92. The van der Waals surface area contributed by atoms with E-state index < -0.39 is 0 Å².